The van der Waals surface area contributed by atoms with Crippen LogP contribution in [0.2, 0.25) is 5.02 Å². The van der Waals surface area contributed by atoms with E-state index in [9.17, 15) is 5.11 Å². The Morgan fingerprint density at radius 2 is 2.03 bits per heavy atom. The number of aromatic nitrogens is 3. The van der Waals surface area contributed by atoms with Crippen LogP contribution in [0.1, 0.15) is 43.2 Å². The van der Waals surface area contributed by atoms with Crippen molar-refractivity contribution in [1.29, 1.82) is 0 Å². The summed E-state index contributed by atoms with van der Waals surface area (Å²) in [5.41, 5.74) is 3.87. The average molecular weight is 530 g/mol. The molecule has 1 fully saturated rings. The van der Waals surface area contributed by atoms with Crippen molar-refractivity contribution in [2.24, 2.45) is 0 Å². The quantitative estimate of drug-likeness (QED) is 0.325. The van der Waals surface area contributed by atoms with Crippen molar-refractivity contribution in [3.05, 3.63) is 40.2 Å². The van der Waals surface area contributed by atoms with Crippen molar-refractivity contribution in [3.63, 3.8) is 0 Å². The molecule has 37 heavy (non-hydrogen) atoms. The number of rotatable bonds is 11. The highest BCUT2D eigenvalue weighted by Gasteiger charge is 2.30. The second-order valence-corrected chi connectivity index (χ2v) is 9.82. The van der Waals surface area contributed by atoms with Gasteiger partial charge in [-0.2, -0.15) is 0 Å². The number of aliphatic hydroxyl groups excluding tert-OH is 1. The average Bonchev–Trinajstić information content (AvgIpc) is 3.45. The summed E-state index contributed by atoms with van der Waals surface area (Å²) in [6, 6.07) is 5.48. The normalized spacial score (nSPS) is 18.2. The monoisotopic (exact) mass is 529 g/mol. The minimum atomic E-state index is -0.633. The molecule has 10 heteroatoms. The Kier molecular flexibility index (Phi) is 9.02. The van der Waals surface area contributed by atoms with Gasteiger partial charge in [0.15, 0.2) is 5.82 Å². The van der Waals surface area contributed by atoms with E-state index in [1.54, 1.807) is 25.2 Å². The number of anilines is 1. The predicted molar refractivity (Wildman–Crippen MR) is 144 cm³/mol. The zero-order chi connectivity index (χ0) is 26.5. The summed E-state index contributed by atoms with van der Waals surface area (Å²) in [6.07, 6.45) is 2.62. The van der Waals surface area contributed by atoms with Gasteiger partial charge in [-0.05, 0) is 72.2 Å². The summed E-state index contributed by atoms with van der Waals surface area (Å²) in [4.78, 5) is 9.87. The molecule has 1 saturated carbocycles. The number of nitrogens with one attached hydrogen (secondary N) is 2. The SMILES string of the molecule is CCO[C@H]1CCC[C@@H]1Nc1nc(-c2cc(OC[C@H](O)CNC)ccc2Cl)nc(-c2c(C)noc2C)c1C. The van der Waals surface area contributed by atoms with Crippen molar-refractivity contribution in [2.75, 3.05) is 32.1 Å². The molecule has 3 N–H and O–H groups in total. The van der Waals surface area contributed by atoms with E-state index in [1.165, 1.54) is 0 Å². The molecule has 1 aliphatic rings. The summed E-state index contributed by atoms with van der Waals surface area (Å²) >= 11 is 6.64. The molecule has 0 bridgehead atoms. The third kappa shape index (κ3) is 6.23. The first-order valence-corrected chi connectivity index (χ1v) is 13.2. The van der Waals surface area contributed by atoms with Crippen LogP contribution in [0.5, 0.6) is 5.75 Å². The largest absolute Gasteiger partial charge is 0.491 e. The molecule has 9 nitrogen and oxygen atoms in total. The summed E-state index contributed by atoms with van der Waals surface area (Å²) in [5, 5.41) is 21.2. The number of hydrogen-bond donors (Lipinski definition) is 3. The fraction of sp³-hybridized carbons (Fsp3) is 0.519. The summed E-state index contributed by atoms with van der Waals surface area (Å²) < 4.78 is 17.3. The lowest BCUT2D eigenvalue weighted by Crippen LogP contribution is -2.31. The highest BCUT2D eigenvalue weighted by atomic mass is 35.5. The van der Waals surface area contributed by atoms with Crippen molar-refractivity contribution >= 4 is 17.4 Å². The van der Waals surface area contributed by atoms with Gasteiger partial charge in [-0.15, -0.1) is 0 Å². The first-order chi connectivity index (χ1) is 17.8. The maximum absolute atomic E-state index is 10.0. The van der Waals surface area contributed by atoms with Crippen molar-refractivity contribution in [3.8, 4) is 28.4 Å². The van der Waals surface area contributed by atoms with Crippen LogP contribution in [0.15, 0.2) is 22.7 Å². The zero-order valence-electron chi connectivity index (χ0n) is 22.1. The van der Waals surface area contributed by atoms with Gasteiger partial charge in [0.1, 0.15) is 30.0 Å². The van der Waals surface area contributed by atoms with Crippen LogP contribution in [0, 0.1) is 20.8 Å². The molecule has 0 radical (unpaired) electrons. The number of nitrogens with zero attached hydrogens (tertiary/aromatic N) is 3. The number of hydrogen-bond acceptors (Lipinski definition) is 9. The Bertz CT molecular complexity index is 1200. The van der Waals surface area contributed by atoms with Gasteiger partial charge in [-0.25, -0.2) is 9.97 Å². The number of benzene rings is 1. The molecule has 1 aliphatic carbocycles. The van der Waals surface area contributed by atoms with Gasteiger partial charge in [0.05, 0.1) is 34.1 Å². The van der Waals surface area contributed by atoms with Gasteiger partial charge < -0.3 is 29.7 Å². The van der Waals surface area contributed by atoms with Crippen LogP contribution in [0.25, 0.3) is 22.6 Å². The Balaban J connectivity index is 1.76. The Morgan fingerprint density at radius 1 is 1.22 bits per heavy atom. The minimum absolute atomic E-state index is 0.134. The second-order valence-electron chi connectivity index (χ2n) is 9.41. The van der Waals surface area contributed by atoms with E-state index in [1.807, 2.05) is 27.7 Å². The minimum Gasteiger partial charge on any atom is -0.491 e. The molecule has 2 aromatic heterocycles. The number of ether oxygens (including phenoxy) is 2. The molecular weight excluding hydrogens is 494 g/mol. The fourth-order valence-electron chi connectivity index (χ4n) is 4.77. The number of halogens is 1. The highest BCUT2D eigenvalue weighted by Crippen LogP contribution is 2.37. The molecule has 1 aromatic carbocycles. The van der Waals surface area contributed by atoms with Crippen LogP contribution in [0.3, 0.4) is 0 Å². The van der Waals surface area contributed by atoms with E-state index < -0.39 is 6.10 Å². The number of aliphatic hydroxyl groups is 1. The summed E-state index contributed by atoms with van der Waals surface area (Å²) in [5.74, 6) is 2.44. The Labute approximate surface area is 222 Å². The fourth-order valence-corrected chi connectivity index (χ4v) is 4.98. The van der Waals surface area contributed by atoms with Gasteiger partial charge in [0, 0.05) is 24.3 Å². The maximum Gasteiger partial charge on any atom is 0.163 e. The molecule has 2 heterocycles. The van der Waals surface area contributed by atoms with Gasteiger partial charge in [-0.3, -0.25) is 0 Å². The van der Waals surface area contributed by atoms with Gasteiger partial charge in [-0.1, -0.05) is 16.8 Å². The van der Waals surface area contributed by atoms with E-state index in [4.69, 9.17) is 35.6 Å². The molecular formula is C27H36ClN5O4. The van der Waals surface area contributed by atoms with Crippen LogP contribution in [-0.4, -0.2) is 65.3 Å². The van der Waals surface area contributed by atoms with Crippen molar-refractivity contribution in [2.45, 2.75) is 65.2 Å². The first-order valence-electron chi connectivity index (χ1n) is 12.8. The lowest BCUT2D eigenvalue weighted by atomic mass is 10.0. The molecule has 4 rings (SSSR count). The van der Waals surface area contributed by atoms with Gasteiger partial charge >= 0.3 is 0 Å². The van der Waals surface area contributed by atoms with Gasteiger partial charge in [0.2, 0.25) is 0 Å². The first kappa shape index (κ1) is 27.3. The molecule has 200 valence electrons. The number of likely N-dealkylation sites (N-methyl/N-ethyl adjacent to an activating group) is 1. The molecule has 0 aliphatic heterocycles. The van der Waals surface area contributed by atoms with E-state index in [0.717, 1.165) is 47.6 Å². The van der Waals surface area contributed by atoms with Gasteiger partial charge in [0.25, 0.3) is 0 Å². The Hall–Kier alpha value is -2.72. The molecule has 3 aromatic rings. The van der Waals surface area contributed by atoms with E-state index in [2.05, 4.69) is 15.8 Å². The topological polar surface area (TPSA) is 115 Å². The summed E-state index contributed by atoms with van der Waals surface area (Å²) in [6.45, 7) is 9.06. The van der Waals surface area contributed by atoms with Crippen LogP contribution >= 0.6 is 11.6 Å². The molecule has 3 atom stereocenters. The second kappa shape index (κ2) is 12.2. The molecule has 0 unspecified atom stereocenters. The lowest BCUT2D eigenvalue weighted by molar-refractivity contribution is 0.0615. The predicted octanol–water partition coefficient (Wildman–Crippen LogP) is 4.71. The third-order valence-corrected chi connectivity index (χ3v) is 6.96. The number of aryl methyl sites for hydroxylation is 2. The molecule has 0 spiro atoms. The van der Waals surface area contributed by atoms with E-state index in [0.29, 0.717) is 41.1 Å². The van der Waals surface area contributed by atoms with Crippen molar-refractivity contribution in [1.82, 2.24) is 20.4 Å². The van der Waals surface area contributed by atoms with Crippen LogP contribution < -0.4 is 15.4 Å². The third-order valence-electron chi connectivity index (χ3n) is 6.63. The van der Waals surface area contributed by atoms with E-state index >= 15 is 0 Å². The summed E-state index contributed by atoms with van der Waals surface area (Å²) in [7, 11) is 1.78. The van der Waals surface area contributed by atoms with Crippen LogP contribution in [-0.2, 0) is 4.74 Å². The lowest BCUT2D eigenvalue weighted by Gasteiger charge is -2.23. The maximum atomic E-state index is 10.0. The van der Waals surface area contributed by atoms with Crippen molar-refractivity contribution < 1.29 is 19.1 Å². The molecule has 0 saturated heterocycles. The smallest absolute Gasteiger partial charge is 0.163 e. The zero-order valence-corrected chi connectivity index (χ0v) is 22.9. The standard InChI is InChI=1S/C27H36ClN5O4/c1-6-35-23-9-7-8-22(23)30-26-15(2)25(24-16(3)33-37-17(24)4)31-27(32-26)20-12-19(10-11-21(20)28)36-14-18(34)13-29-5/h10-12,18,22-23,29,34H,6-9,13-14H2,1-5H3,(H,30,31,32)/t18-,22+,23+/m1/s1. The molecule has 0 amide bonds. The van der Waals surface area contributed by atoms with E-state index in [-0.39, 0.29) is 18.8 Å². The highest BCUT2D eigenvalue weighted by molar-refractivity contribution is 6.33. The van der Waals surface area contributed by atoms with Crippen LogP contribution in [0.4, 0.5) is 5.82 Å². The Morgan fingerprint density at radius 3 is 2.73 bits per heavy atom.